The second kappa shape index (κ2) is 9.53. The third-order valence-electron chi connectivity index (χ3n) is 4.71. The minimum atomic E-state index is -0.301. The number of benzene rings is 1. The van der Waals surface area contributed by atoms with Crippen molar-refractivity contribution in [3.05, 3.63) is 42.1 Å². The van der Waals surface area contributed by atoms with E-state index in [4.69, 9.17) is 13.9 Å². The Morgan fingerprint density at radius 1 is 1.30 bits per heavy atom. The fraction of sp³-hybridized carbons (Fsp3) is 0.500. The van der Waals surface area contributed by atoms with Gasteiger partial charge in [0.1, 0.15) is 18.5 Å². The molecule has 27 heavy (non-hydrogen) atoms. The van der Waals surface area contributed by atoms with Gasteiger partial charge in [0.05, 0.1) is 0 Å². The number of hydrogen-bond acceptors (Lipinski definition) is 6. The van der Waals surface area contributed by atoms with Crippen molar-refractivity contribution in [2.45, 2.75) is 32.8 Å². The first-order chi connectivity index (χ1) is 13.2. The highest BCUT2D eigenvalue weighted by molar-refractivity contribution is 6.03. The topological polar surface area (TPSA) is 76.8 Å². The number of ether oxygens (including phenoxy) is 2. The van der Waals surface area contributed by atoms with Gasteiger partial charge in [0, 0.05) is 18.8 Å². The van der Waals surface area contributed by atoms with E-state index < -0.39 is 0 Å². The van der Waals surface area contributed by atoms with Crippen LogP contribution in [0.1, 0.15) is 49.0 Å². The van der Waals surface area contributed by atoms with Crippen molar-refractivity contribution in [2.24, 2.45) is 0 Å². The number of aromatic nitrogens is 1. The quantitative estimate of drug-likeness (QED) is 0.725. The number of amides is 1. The number of carbonyl (C=O) groups excluding carboxylic acids is 1. The first kappa shape index (κ1) is 19.4. The lowest BCUT2D eigenvalue weighted by Crippen LogP contribution is -2.27. The molecule has 3 rings (SSSR count). The van der Waals surface area contributed by atoms with Gasteiger partial charge in [-0.15, -0.1) is 0 Å². The van der Waals surface area contributed by atoms with E-state index in [1.807, 2.05) is 24.3 Å². The Morgan fingerprint density at radius 2 is 2.07 bits per heavy atom. The Morgan fingerprint density at radius 3 is 2.74 bits per heavy atom. The molecule has 0 spiro atoms. The Hall–Kier alpha value is -2.38. The van der Waals surface area contributed by atoms with Crippen LogP contribution in [-0.2, 0) is 4.74 Å². The van der Waals surface area contributed by atoms with E-state index in [1.165, 1.54) is 6.39 Å². The lowest BCUT2D eigenvalue weighted by molar-refractivity contribution is 0.0889. The smallest absolute Gasteiger partial charge is 0.278 e. The Bertz CT molecular complexity index is 719. The molecule has 1 N–H and O–H groups in total. The molecular weight excluding hydrogens is 346 g/mol. The van der Waals surface area contributed by atoms with E-state index in [0.29, 0.717) is 24.7 Å². The highest BCUT2D eigenvalue weighted by Crippen LogP contribution is 2.30. The highest BCUT2D eigenvalue weighted by atomic mass is 16.5. The van der Waals surface area contributed by atoms with Crippen LogP contribution in [0, 0.1) is 0 Å². The average Bonchev–Trinajstić information content (AvgIpc) is 3.37. The molecule has 1 saturated heterocycles. The van der Waals surface area contributed by atoms with Gasteiger partial charge in [-0.25, -0.2) is 4.98 Å². The van der Waals surface area contributed by atoms with E-state index in [-0.39, 0.29) is 17.7 Å². The Kier molecular flexibility index (Phi) is 6.84. The molecule has 2 heterocycles. The summed E-state index contributed by atoms with van der Waals surface area (Å²) in [5, 5.41) is 2.85. The van der Waals surface area contributed by atoms with E-state index in [2.05, 4.69) is 29.0 Å². The summed E-state index contributed by atoms with van der Waals surface area (Å²) in [5.74, 6) is 0.979. The van der Waals surface area contributed by atoms with Crippen LogP contribution in [0.2, 0.25) is 0 Å². The van der Waals surface area contributed by atoms with Gasteiger partial charge in [-0.05, 0) is 50.2 Å². The molecule has 7 nitrogen and oxygen atoms in total. The molecule has 0 bridgehead atoms. The van der Waals surface area contributed by atoms with Crippen molar-refractivity contribution in [3.8, 4) is 5.75 Å². The fourth-order valence-electron chi connectivity index (χ4n) is 3.10. The summed E-state index contributed by atoms with van der Waals surface area (Å²) in [6.07, 6.45) is 2.91. The van der Waals surface area contributed by atoms with Crippen molar-refractivity contribution in [1.29, 1.82) is 0 Å². The molecule has 1 aliphatic heterocycles. The predicted molar refractivity (Wildman–Crippen MR) is 102 cm³/mol. The van der Waals surface area contributed by atoms with Crippen LogP contribution in [0.4, 0.5) is 5.69 Å². The maximum atomic E-state index is 12.5. The van der Waals surface area contributed by atoms with Crippen molar-refractivity contribution in [3.63, 3.8) is 0 Å². The minimum absolute atomic E-state index is 0.185. The summed E-state index contributed by atoms with van der Waals surface area (Å²) in [5.41, 5.74) is 0.957. The summed E-state index contributed by atoms with van der Waals surface area (Å²) in [6, 6.07) is 7.33. The van der Waals surface area contributed by atoms with Crippen molar-refractivity contribution in [2.75, 3.05) is 38.2 Å². The van der Waals surface area contributed by atoms with E-state index in [9.17, 15) is 4.79 Å². The molecule has 1 amide bonds. The molecule has 2 aromatic rings. The number of anilines is 1. The molecule has 1 unspecified atom stereocenters. The molecule has 1 fully saturated rings. The van der Waals surface area contributed by atoms with Crippen LogP contribution in [-0.4, -0.2) is 48.6 Å². The zero-order valence-electron chi connectivity index (χ0n) is 15.9. The third kappa shape index (κ3) is 5.08. The molecule has 1 aliphatic rings. The van der Waals surface area contributed by atoms with Gasteiger partial charge in [-0.1, -0.05) is 13.8 Å². The number of nitrogens with one attached hydrogen (secondary N) is 1. The Balaban J connectivity index is 1.54. The van der Waals surface area contributed by atoms with Crippen LogP contribution in [0.15, 0.2) is 35.1 Å². The van der Waals surface area contributed by atoms with Gasteiger partial charge in [0.15, 0.2) is 17.8 Å². The van der Waals surface area contributed by atoms with Gasteiger partial charge in [0.25, 0.3) is 5.91 Å². The normalized spacial score (nSPS) is 16.6. The lowest BCUT2D eigenvalue weighted by Gasteiger charge is -2.18. The molecule has 0 saturated carbocycles. The van der Waals surface area contributed by atoms with Gasteiger partial charge in [-0.3, -0.25) is 4.79 Å². The lowest BCUT2D eigenvalue weighted by atomic mass is 10.1. The molecule has 0 radical (unpaired) electrons. The zero-order chi connectivity index (χ0) is 19.1. The van der Waals surface area contributed by atoms with Crippen LogP contribution in [0.25, 0.3) is 0 Å². The van der Waals surface area contributed by atoms with Crippen LogP contribution in [0.3, 0.4) is 0 Å². The first-order valence-electron chi connectivity index (χ1n) is 9.52. The number of hydrogen-bond donors (Lipinski definition) is 1. The zero-order valence-corrected chi connectivity index (χ0v) is 15.9. The molecule has 0 aliphatic carbocycles. The number of oxazole rings is 1. The molecule has 7 heteroatoms. The van der Waals surface area contributed by atoms with Crippen LogP contribution >= 0.6 is 0 Å². The van der Waals surface area contributed by atoms with E-state index in [0.717, 1.165) is 38.2 Å². The Labute approximate surface area is 159 Å². The summed E-state index contributed by atoms with van der Waals surface area (Å²) in [7, 11) is 0. The average molecular weight is 373 g/mol. The molecule has 1 aromatic carbocycles. The fourth-order valence-corrected chi connectivity index (χ4v) is 3.10. The van der Waals surface area contributed by atoms with E-state index in [1.54, 1.807) is 0 Å². The van der Waals surface area contributed by atoms with Crippen LogP contribution in [0.5, 0.6) is 5.75 Å². The minimum Gasteiger partial charge on any atom is -0.492 e. The number of nitrogens with zero attached hydrogens (tertiary/aromatic N) is 2. The van der Waals surface area contributed by atoms with Crippen molar-refractivity contribution < 1.29 is 18.7 Å². The largest absolute Gasteiger partial charge is 0.492 e. The molecular formula is C20H27N3O4. The van der Waals surface area contributed by atoms with Gasteiger partial charge >= 0.3 is 0 Å². The predicted octanol–water partition coefficient (Wildman–Crippen LogP) is 3.50. The summed E-state index contributed by atoms with van der Waals surface area (Å²) < 4.78 is 16.7. The highest BCUT2D eigenvalue weighted by Gasteiger charge is 2.28. The van der Waals surface area contributed by atoms with Gasteiger partial charge in [-0.2, -0.15) is 0 Å². The number of likely N-dealkylation sites (N-methyl/N-ethyl adjacent to an activating group) is 1. The number of rotatable bonds is 9. The first-order valence-corrected chi connectivity index (χ1v) is 9.52. The van der Waals surface area contributed by atoms with E-state index >= 15 is 0 Å². The SMILES string of the molecule is CCN(CC)CCOc1ccc(NC(=O)c2ncoc2C2CCCO2)cc1. The molecule has 1 aromatic heterocycles. The van der Waals surface area contributed by atoms with Gasteiger partial charge < -0.3 is 24.1 Å². The van der Waals surface area contributed by atoms with Crippen molar-refractivity contribution in [1.82, 2.24) is 9.88 Å². The maximum Gasteiger partial charge on any atom is 0.278 e. The van der Waals surface area contributed by atoms with Crippen LogP contribution < -0.4 is 10.1 Å². The second-order valence-electron chi connectivity index (χ2n) is 6.42. The monoisotopic (exact) mass is 373 g/mol. The molecule has 146 valence electrons. The summed E-state index contributed by atoms with van der Waals surface area (Å²) >= 11 is 0. The maximum absolute atomic E-state index is 12.5. The second-order valence-corrected chi connectivity index (χ2v) is 6.42. The summed E-state index contributed by atoms with van der Waals surface area (Å²) in [4.78, 5) is 18.9. The summed E-state index contributed by atoms with van der Waals surface area (Å²) in [6.45, 7) is 8.52. The van der Waals surface area contributed by atoms with Gasteiger partial charge in [0.2, 0.25) is 0 Å². The third-order valence-corrected chi connectivity index (χ3v) is 4.71. The van der Waals surface area contributed by atoms with Crippen molar-refractivity contribution >= 4 is 11.6 Å². The standard InChI is InChI=1S/C20H27N3O4/c1-3-23(4-2)11-13-25-16-9-7-15(8-10-16)22-20(24)18-19(27-14-21-18)17-6-5-12-26-17/h7-10,14,17H,3-6,11-13H2,1-2H3,(H,22,24). The molecule has 1 atom stereocenters. The number of carbonyl (C=O) groups is 1.